The van der Waals surface area contributed by atoms with E-state index in [1.54, 1.807) is 12.5 Å². The summed E-state index contributed by atoms with van der Waals surface area (Å²) >= 11 is 0. The molecule has 8 heteroatoms. The van der Waals surface area contributed by atoms with Crippen molar-refractivity contribution < 1.29 is 4.79 Å². The van der Waals surface area contributed by atoms with Crippen LogP contribution in [0.2, 0.25) is 0 Å². The largest absolute Gasteiger partial charge is 0.334 e. The molecule has 2 aromatic heterocycles. The van der Waals surface area contributed by atoms with Gasteiger partial charge in [0.15, 0.2) is 0 Å². The molecule has 2 aromatic rings. The summed E-state index contributed by atoms with van der Waals surface area (Å²) < 4.78 is 3.76. The highest BCUT2D eigenvalue weighted by Gasteiger charge is 2.27. The number of aryl methyl sites for hydroxylation is 1. The van der Waals surface area contributed by atoms with E-state index in [4.69, 9.17) is 0 Å². The number of carbonyl (C=O) groups is 1. The summed E-state index contributed by atoms with van der Waals surface area (Å²) in [6, 6.07) is 1.89. The van der Waals surface area contributed by atoms with Crippen LogP contribution in [0, 0.1) is 0 Å². The second-order valence-electron chi connectivity index (χ2n) is 6.16. The Morgan fingerprint density at radius 2 is 2.39 bits per heavy atom. The molecule has 0 aliphatic carbocycles. The fourth-order valence-corrected chi connectivity index (χ4v) is 3.07. The Kier molecular flexibility index (Phi) is 4.59. The van der Waals surface area contributed by atoms with Crippen LogP contribution in [0.3, 0.4) is 0 Å². The Hall–Kier alpha value is -2.38. The van der Waals surface area contributed by atoms with E-state index in [-0.39, 0.29) is 18.0 Å². The maximum atomic E-state index is 12.5. The van der Waals surface area contributed by atoms with Crippen molar-refractivity contribution in [3.8, 4) is 0 Å². The summed E-state index contributed by atoms with van der Waals surface area (Å²) in [5.74, 6) is 1.20. The third-order valence-corrected chi connectivity index (χ3v) is 4.21. The number of rotatable bonds is 4. The number of carbonyl (C=O) groups excluding carboxylic acids is 1. The quantitative estimate of drug-likeness (QED) is 0.912. The maximum absolute atomic E-state index is 12.5. The Labute approximate surface area is 135 Å². The Morgan fingerprint density at radius 3 is 3.09 bits per heavy atom. The van der Waals surface area contributed by atoms with Crippen LogP contribution in [0.1, 0.15) is 31.5 Å². The zero-order valence-electron chi connectivity index (χ0n) is 13.6. The van der Waals surface area contributed by atoms with E-state index in [0.29, 0.717) is 13.1 Å². The van der Waals surface area contributed by atoms with Crippen molar-refractivity contribution >= 4 is 6.03 Å². The van der Waals surface area contributed by atoms with Crippen molar-refractivity contribution in [1.82, 2.24) is 34.8 Å². The van der Waals surface area contributed by atoms with Crippen molar-refractivity contribution in [2.75, 3.05) is 13.1 Å². The molecule has 0 aromatic carbocycles. The summed E-state index contributed by atoms with van der Waals surface area (Å²) in [6.07, 6.45) is 7.37. The minimum absolute atomic E-state index is 0.0171. The van der Waals surface area contributed by atoms with E-state index in [2.05, 4.69) is 20.6 Å². The third kappa shape index (κ3) is 3.69. The van der Waals surface area contributed by atoms with Crippen LogP contribution in [0.25, 0.3) is 0 Å². The van der Waals surface area contributed by atoms with Crippen LogP contribution < -0.4 is 5.32 Å². The molecule has 1 fully saturated rings. The van der Waals surface area contributed by atoms with E-state index in [1.165, 1.54) is 0 Å². The first-order chi connectivity index (χ1) is 11.1. The summed E-state index contributed by atoms with van der Waals surface area (Å²) in [5.41, 5.74) is 0. The van der Waals surface area contributed by atoms with Crippen LogP contribution in [-0.2, 0) is 13.6 Å². The molecule has 0 radical (unpaired) electrons. The van der Waals surface area contributed by atoms with E-state index in [1.807, 2.05) is 40.4 Å². The highest BCUT2D eigenvalue weighted by Crippen LogP contribution is 2.24. The van der Waals surface area contributed by atoms with E-state index in [9.17, 15) is 4.79 Å². The van der Waals surface area contributed by atoms with Gasteiger partial charge in [0, 0.05) is 44.5 Å². The first kappa shape index (κ1) is 15.5. The van der Waals surface area contributed by atoms with Gasteiger partial charge in [-0.05, 0) is 25.8 Å². The average Bonchev–Trinajstić information content (AvgIpc) is 3.19. The average molecular weight is 317 g/mol. The highest BCUT2D eigenvalue weighted by molar-refractivity contribution is 5.74. The molecular weight excluding hydrogens is 294 g/mol. The van der Waals surface area contributed by atoms with Gasteiger partial charge in [0.05, 0.1) is 6.54 Å². The lowest BCUT2D eigenvalue weighted by molar-refractivity contribution is 0.173. The van der Waals surface area contributed by atoms with Crippen molar-refractivity contribution in [3.05, 3.63) is 30.6 Å². The monoisotopic (exact) mass is 317 g/mol. The van der Waals surface area contributed by atoms with Gasteiger partial charge < -0.3 is 14.8 Å². The molecule has 1 aliphatic rings. The zero-order chi connectivity index (χ0) is 16.2. The van der Waals surface area contributed by atoms with Crippen LogP contribution >= 0.6 is 0 Å². The van der Waals surface area contributed by atoms with Gasteiger partial charge in [0.2, 0.25) is 0 Å². The smallest absolute Gasteiger partial charge is 0.317 e. The number of hydrogen-bond acceptors (Lipinski definition) is 4. The molecule has 2 amide bonds. The Balaban J connectivity index is 1.55. The van der Waals surface area contributed by atoms with Crippen molar-refractivity contribution in [1.29, 1.82) is 0 Å². The fraction of sp³-hybridized carbons (Fsp3) is 0.600. The van der Waals surface area contributed by atoms with E-state index in [0.717, 1.165) is 25.2 Å². The molecule has 124 valence electrons. The maximum Gasteiger partial charge on any atom is 0.317 e. The van der Waals surface area contributed by atoms with Gasteiger partial charge in [-0.2, -0.15) is 5.10 Å². The molecule has 2 atom stereocenters. The lowest BCUT2D eigenvalue weighted by Gasteiger charge is -2.33. The second kappa shape index (κ2) is 6.80. The molecule has 8 nitrogen and oxygen atoms in total. The van der Waals surface area contributed by atoms with Crippen LogP contribution in [0.4, 0.5) is 4.79 Å². The van der Waals surface area contributed by atoms with Gasteiger partial charge in [0.25, 0.3) is 0 Å². The van der Waals surface area contributed by atoms with Gasteiger partial charge in [0.1, 0.15) is 12.2 Å². The Morgan fingerprint density at radius 1 is 1.52 bits per heavy atom. The lowest BCUT2D eigenvalue weighted by atomic mass is 9.97. The molecular formula is C15H23N7O. The van der Waals surface area contributed by atoms with Crippen LogP contribution in [0.15, 0.2) is 24.8 Å². The first-order valence-corrected chi connectivity index (χ1v) is 8.00. The predicted molar refractivity (Wildman–Crippen MR) is 84.8 cm³/mol. The topological polar surface area (TPSA) is 80.9 Å². The lowest BCUT2D eigenvalue weighted by Crippen LogP contribution is -2.48. The standard InChI is InChI=1S/C15H23N7O/c1-12(9-22-8-4-6-17-22)18-15(23)21-7-3-5-13(10-21)14-19-16-11-20(14)2/h4,6,8,11-13H,3,5,7,9-10H2,1-2H3,(H,18,23)/t12-,13-/m1/s1. The molecule has 0 spiro atoms. The molecule has 1 saturated heterocycles. The molecule has 1 N–H and O–H groups in total. The van der Waals surface area contributed by atoms with Gasteiger partial charge in [-0.3, -0.25) is 4.68 Å². The Bertz CT molecular complexity index is 636. The molecule has 3 rings (SSSR count). The SMILES string of the molecule is C[C@H](Cn1cccn1)NC(=O)N1CCC[C@@H](c2nncn2C)C1. The second-order valence-corrected chi connectivity index (χ2v) is 6.16. The minimum Gasteiger partial charge on any atom is -0.334 e. The number of hydrogen-bond donors (Lipinski definition) is 1. The summed E-state index contributed by atoms with van der Waals surface area (Å²) in [7, 11) is 1.94. The highest BCUT2D eigenvalue weighted by atomic mass is 16.2. The number of aromatic nitrogens is 5. The molecule has 23 heavy (non-hydrogen) atoms. The third-order valence-electron chi connectivity index (χ3n) is 4.21. The predicted octanol–water partition coefficient (Wildman–Crippen LogP) is 0.989. The minimum atomic E-state index is -0.0171. The number of nitrogens with zero attached hydrogens (tertiary/aromatic N) is 6. The summed E-state index contributed by atoms with van der Waals surface area (Å²) in [6.45, 7) is 4.13. The fourth-order valence-electron chi connectivity index (χ4n) is 3.07. The van der Waals surface area contributed by atoms with E-state index >= 15 is 0 Å². The van der Waals surface area contributed by atoms with Gasteiger partial charge in [-0.25, -0.2) is 4.79 Å². The van der Waals surface area contributed by atoms with Crippen molar-refractivity contribution in [2.45, 2.75) is 38.3 Å². The van der Waals surface area contributed by atoms with Crippen LogP contribution in [-0.4, -0.2) is 54.6 Å². The number of piperidine rings is 1. The van der Waals surface area contributed by atoms with Crippen molar-refractivity contribution in [3.63, 3.8) is 0 Å². The molecule has 0 bridgehead atoms. The van der Waals surface area contributed by atoms with E-state index < -0.39 is 0 Å². The number of amides is 2. The number of urea groups is 1. The number of nitrogens with one attached hydrogen (secondary N) is 1. The molecule has 1 aliphatic heterocycles. The summed E-state index contributed by atoms with van der Waals surface area (Å²) in [4.78, 5) is 14.4. The molecule has 0 unspecified atom stereocenters. The normalized spacial score (nSPS) is 19.6. The summed E-state index contributed by atoms with van der Waals surface area (Å²) in [5, 5.41) is 15.3. The van der Waals surface area contributed by atoms with Crippen LogP contribution in [0.5, 0.6) is 0 Å². The zero-order valence-corrected chi connectivity index (χ0v) is 13.6. The first-order valence-electron chi connectivity index (χ1n) is 8.00. The van der Waals surface area contributed by atoms with Gasteiger partial charge in [-0.15, -0.1) is 10.2 Å². The van der Waals surface area contributed by atoms with Gasteiger partial charge in [-0.1, -0.05) is 0 Å². The molecule has 3 heterocycles. The molecule has 0 saturated carbocycles. The van der Waals surface area contributed by atoms with Gasteiger partial charge >= 0.3 is 6.03 Å². The number of likely N-dealkylation sites (tertiary alicyclic amines) is 1. The van der Waals surface area contributed by atoms with Crippen molar-refractivity contribution in [2.24, 2.45) is 7.05 Å².